The smallest absolute Gasteiger partial charge is 0.274 e. The van der Waals surface area contributed by atoms with E-state index < -0.39 is 6.10 Å². The normalized spacial score (nSPS) is 18.5. The number of nitrogens with zero attached hydrogens (tertiary/aromatic N) is 4. The van der Waals surface area contributed by atoms with E-state index in [0.717, 1.165) is 11.2 Å². The molecule has 1 atom stereocenters. The summed E-state index contributed by atoms with van der Waals surface area (Å²) >= 11 is 0. The minimum absolute atomic E-state index is 0.111. The van der Waals surface area contributed by atoms with Crippen LogP contribution in [0.25, 0.3) is 5.65 Å². The van der Waals surface area contributed by atoms with Gasteiger partial charge in [-0.05, 0) is 36.8 Å². The highest BCUT2D eigenvalue weighted by Gasteiger charge is 2.33. The zero-order valence-electron chi connectivity index (χ0n) is 16.7. The van der Waals surface area contributed by atoms with E-state index >= 15 is 0 Å². The first-order valence-electron chi connectivity index (χ1n) is 10.0. The second kappa shape index (κ2) is 7.37. The number of amides is 2. The predicted octanol–water partition coefficient (Wildman–Crippen LogP) is 1.77. The van der Waals surface area contributed by atoms with E-state index in [2.05, 4.69) is 4.98 Å². The molecule has 1 aromatic carbocycles. The van der Waals surface area contributed by atoms with Crippen LogP contribution in [0.4, 0.5) is 0 Å². The van der Waals surface area contributed by atoms with Crippen LogP contribution in [0, 0.1) is 6.92 Å². The Labute approximate surface area is 173 Å². The van der Waals surface area contributed by atoms with E-state index in [0.29, 0.717) is 43.4 Å². The van der Waals surface area contributed by atoms with Crippen molar-refractivity contribution < 1.29 is 19.1 Å². The lowest BCUT2D eigenvalue weighted by atomic mass is 10.2. The molecule has 30 heavy (non-hydrogen) atoms. The van der Waals surface area contributed by atoms with Crippen molar-refractivity contribution in [3.8, 4) is 11.5 Å². The molecule has 0 aliphatic carbocycles. The number of piperazine rings is 1. The van der Waals surface area contributed by atoms with Crippen molar-refractivity contribution in [2.24, 2.45) is 0 Å². The standard InChI is InChI=1S/C22H22N4O4/c1-15-6-7-26-13-16(23-20(26)12-15)21(27)24-8-10-25(11-9-24)22(28)19-14-29-17-4-2-3-5-18(17)30-19/h2-7,12-13,19H,8-11,14H2,1H3. The summed E-state index contributed by atoms with van der Waals surface area (Å²) < 4.78 is 13.3. The molecule has 0 radical (unpaired) electrons. The van der Waals surface area contributed by atoms with Crippen molar-refractivity contribution in [2.75, 3.05) is 32.8 Å². The van der Waals surface area contributed by atoms with Gasteiger partial charge in [0.15, 0.2) is 11.5 Å². The molecule has 2 aliphatic rings. The molecule has 0 spiro atoms. The first kappa shape index (κ1) is 18.5. The number of rotatable bonds is 2. The molecule has 1 saturated heterocycles. The van der Waals surface area contributed by atoms with Crippen molar-refractivity contribution in [2.45, 2.75) is 13.0 Å². The third-order valence-corrected chi connectivity index (χ3v) is 5.50. The first-order chi connectivity index (χ1) is 14.6. The summed E-state index contributed by atoms with van der Waals surface area (Å²) in [6.07, 6.45) is 2.98. The number of imidazole rings is 1. The second-order valence-electron chi connectivity index (χ2n) is 7.58. The van der Waals surface area contributed by atoms with Gasteiger partial charge in [-0.1, -0.05) is 12.1 Å². The Kier molecular flexibility index (Phi) is 4.54. The SMILES string of the molecule is Cc1ccn2cc(C(=O)N3CCN(C(=O)C4COc5ccccc5O4)CC3)nc2c1. The van der Waals surface area contributed by atoms with Crippen molar-refractivity contribution in [1.29, 1.82) is 0 Å². The Balaban J connectivity index is 1.21. The predicted molar refractivity (Wildman–Crippen MR) is 109 cm³/mol. The highest BCUT2D eigenvalue weighted by atomic mass is 16.6. The first-order valence-corrected chi connectivity index (χ1v) is 10.0. The molecule has 3 aromatic rings. The van der Waals surface area contributed by atoms with Crippen LogP contribution in [-0.4, -0.2) is 69.9 Å². The molecule has 0 saturated carbocycles. The number of carbonyl (C=O) groups excluding carboxylic acids is 2. The van der Waals surface area contributed by atoms with Crippen LogP contribution in [0.15, 0.2) is 48.8 Å². The number of fused-ring (bicyclic) bond motifs is 2. The monoisotopic (exact) mass is 406 g/mol. The van der Waals surface area contributed by atoms with E-state index in [4.69, 9.17) is 9.47 Å². The van der Waals surface area contributed by atoms with E-state index in [1.807, 2.05) is 47.9 Å². The van der Waals surface area contributed by atoms with Crippen LogP contribution in [0.3, 0.4) is 0 Å². The average Bonchev–Trinajstić information content (AvgIpc) is 3.21. The van der Waals surface area contributed by atoms with Crippen LogP contribution < -0.4 is 9.47 Å². The lowest BCUT2D eigenvalue weighted by Crippen LogP contribution is -2.55. The van der Waals surface area contributed by atoms with Gasteiger partial charge in [0.2, 0.25) is 6.10 Å². The number of hydrogen-bond acceptors (Lipinski definition) is 5. The largest absolute Gasteiger partial charge is 0.485 e. The molecule has 2 amide bonds. The van der Waals surface area contributed by atoms with Crippen LogP contribution in [0.1, 0.15) is 16.1 Å². The van der Waals surface area contributed by atoms with Crippen molar-refractivity contribution in [3.63, 3.8) is 0 Å². The van der Waals surface area contributed by atoms with Crippen LogP contribution >= 0.6 is 0 Å². The molecule has 2 aliphatic heterocycles. The zero-order chi connectivity index (χ0) is 20.7. The number of para-hydroxylation sites is 2. The molecule has 0 bridgehead atoms. The fourth-order valence-corrected chi connectivity index (χ4v) is 3.82. The lowest BCUT2D eigenvalue weighted by Gasteiger charge is -2.36. The van der Waals surface area contributed by atoms with E-state index in [1.54, 1.807) is 22.1 Å². The molecule has 0 N–H and O–H groups in total. The Morgan fingerprint density at radius 1 is 1.03 bits per heavy atom. The molecule has 5 rings (SSSR count). The Hall–Kier alpha value is -3.55. The molecular formula is C22H22N4O4. The molecular weight excluding hydrogens is 384 g/mol. The Morgan fingerprint density at radius 2 is 1.77 bits per heavy atom. The highest BCUT2D eigenvalue weighted by Crippen LogP contribution is 2.31. The number of aromatic nitrogens is 2. The average molecular weight is 406 g/mol. The van der Waals surface area contributed by atoms with Gasteiger partial charge in [-0.25, -0.2) is 4.98 Å². The van der Waals surface area contributed by atoms with Crippen molar-refractivity contribution >= 4 is 17.5 Å². The topological polar surface area (TPSA) is 76.4 Å². The minimum Gasteiger partial charge on any atom is -0.485 e. The molecule has 154 valence electrons. The Bertz CT molecular complexity index is 1120. The summed E-state index contributed by atoms with van der Waals surface area (Å²) in [5, 5.41) is 0. The number of aryl methyl sites for hydroxylation is 1. The van der Waals surface area contributed by atoms with Gasteiger partial charge in [0, 0.05) is 38.6 Å². The number of carbonyl (C=O) groups is 2. The molecule has 8 heteroatoms. The summed E-state index contributed by atoms with van der Waals surface area (Å²) in [7, 11) is 0. The third-order valence-electron chi connectivity index (χ3n) is 5.50. The summed E-state index contributed by atoms with van der Waals surface area (Å²) in [6, 6.07) is 11.2. The fourth-order valence-electron chi connectivity index (χ4n) is 3.82. The number of benzene rings is 1. The van der Waals surface area contributed by atoms with E-state index in [9.17, 15) is 9.59 Å². The quantitative estimate of drug-likeness (QED) is 0.648. The minimum atomic E-state index is -0.663. The maximum atomic E-state index is 12.9. The maximum absolute atomic E-state index is 12.9. The van der Waals surface area contributed by atoms with Crippen LogP contribution in [0.2, 0.25) is 0 Å². The van der Waals surface area contributed by atoms with Gasteiger partial charge in [-0.15, -0.1) is 0 Å². The van der Waals surface area contributed by atoms with Crippen LogP contribution in [0.5, 0.6) is 11.5 Å². The van der Waals surface area contributed by atoms with Gasteiger partial charge in [-0.2, -0.15) is 0 Å². The summed E-state index contributed by atoms with van der Waals surface area (Å²) in [6.45, 7) is 4.02. The fraction of sp³-hybridized carbons (Fsp3) is 0.318. The molecule has 1 fully saturated rings. The van der Waals surface area contributed by atoms with E-state index in [1.165, 1.54) is 0 Å². The lowest BCUT2D eigenvalue weighted by molar-refractivity contribution is -0.142. The van der Waals surface area contributed by atoms with Gasteiger partial charge >= 0.3 is 0 Å². The Morgan fingerprint density at radius 3 is 2.57 bits per heavy atom. The molecule has 8 nitrogen and oxygen atoms in total. The second-order valence-corrected chi connectivity index (χ2v) is 7.58. The zero-order valence-corrected chi connectivity index (χ0v) is 16.7. The highest BCUT2D eigenvalue weighted by molar-refractivity contribution is 5.93. The van der Waals surface area contributed by atoms with E-state index in [-0.39, 0.29) is 18.4 Å². The molecule has 2 aromatic heterocycles. The van der Waals surface area contributed by atoms with Gasteiger partial charge in [0.05, 0.1) is 0 Å². The number of hydrogen-bond donors (Lipinski definition) is 0. The summed E-state index contributed by atoms with van der Waals surface area (Å²) in [4.78, 5) is 33.7. The molecule has 1 unspecified atom stereocenters. The number of ether oxygens (including phenoxy) is 2. The summed E-state index contributed by atoms with van der Waals surface area (Å²) in [5.74, 6) is 1.01. The van der Waals surface area contributed by atoms with Gasteiger partial charge in [0.1, 0.15) is 17.9 Å². The maximum Gasteiger partial charge on any atom is 0.274 e. The van der Waals surface area contributed by atoms with Gasteiger partial charge < -0.3 is 23.7 Å². The van der Waals surface area contributed by atoms with Crippen molar-refractivity contribution in [3.05, 3.63) is 60.0 Å². The van der Waals surface area contributed by atoms with Gasteiger partial charge in [-0.3, -0.25) is 9.59 Å². The molecule has 4 heterocycles. The van der Waals surface area contributed by atoms with Crippen molar-refractivity contribution in [1.82, 2.24) is 19.2 Å². The third kappa shape index (κ3) is 3.34. The number of pyridine rings is 1. The van der Waals surface area contributed by atoms with Gasteiger partial charge in [0.25, 0.3) is 11.8 Å². The summed E-state index contributed by atoms with van der Waals surface area (Å²) in [5.41, 5.74) is 2.26. The van der Waals surface area contributed by atoms with Crippen LogP contribution in [-0.2, 0) is 4.79 Å².